The molecule has 1 saturated heterocycles. The monoisotopic (exact) mass is 211 g/mol. The average Bonchev–Trinajstić information content (AvgIpc) is 2.93. The van der Waals surface area contributed by atoms with Crippen LogP contribution in [0.25, 0.3) is 0 Å². The predicted octanol–water partition coefficient (Wildman–Crippen LogP) is -0.194. The molecule has 0 aromatic carbocycles. The molecule has 86 valence electrons. The summed E-state index contributed by atoms with van der Waals surface area (Å²) in [4.78, 5) is 14.0. The fourth-order valence-electron chi connectivity index (χ4n) is 2.08. The van der Waals surface area contributed by atoms with E-state index in [1.54, 1.807) is 0 Å². The van der Waals surface area contributed by atoms with E-state index < -0.39 is 0 Å². The Morgan fingerprint density at radius 1 is 1.47 bits per heavy atom. The van der Waals surface area contributed by atoms with Gasteiger partial charge in [-0.05, 0) is 32.9 Å². The van der Waals surface area contributed by atoms with Crippen molar-refractivity contribution in [3.05, 3.63) is 0 Å². The molecule has 15 heavy (non-hydrogen) atoms. The summed E-state index contributed by atoms with van der Waals surface area (Å²) in [6, 6.07) is 0.787. The van der Waals surface area contributed by atoms with Crippen molar-refractivity contribution in [2.24, 2.45) is 5.92 Å². The zero-order valence-electron chi connectivity index (χ0n) is 9.46. The highest BCUT2D eigenvalue weighted by atomic mass is 16.1. The van der Waals surface area contributed by atoms with Crippen molar-refractivity contribution in [3.8, 4) is 0 Å². The maximum atomic E-state index is 11.6. The van der Waals surface area contributed by atoms with E-state index in [2.05, 4.69) is 22.6 Å². The smallest absolute Gasteiger partial charge is 0.224 e. The quantitative estimate of drug-likeness (QED) is 0.662. The number of likely N-dealkylation sites (N-methyl/N-ethyl adjacent to an activating group) is 1. The third-order valence-electron chi connectivity index (χ3n) is 3.37. The molecule has 0 aromatic rings. The minimum absolute atomic E-state index is 0.205. The number of hydrogen-bond acceptors (Lipinski definition) is 3. The van der Waals surface area contributed by atoms with Gasteiger partial charge in [0.15, 0.2) is 0 Å². The first-order chi connectivity index (χ1) is 7.27. The molecular formula is C11H21N3O. The molecular weight excluding hydrogens is 190 g/mol. The van der Waals surface area contributed by atoms with E-state index in [0.29, 0.717) is 0 Å². The molecule has 4 heteroatoms. The second-order valence-electron chi connectivity index (χ2n) is 4.69. The standard InChI is InChI=1S/C11H21N3O/c1-14(10-2-3-10)7-6-13-11(15)9-4-5-12-8-9/h9-10,12H,2-8H2,1H3,(H,13,15). The SMILES string of the molecule is CN(CCNC(=O)C1CCNC1)C1CC1. The Hall–Kier alpha value is -0.610. The summed E-state index contributed by atoms with van der Waals surface area (Å²) in [6.45, 7) is 3.61. The van der Waals surface area contributed by atoms with Crippen molar-refractivity contribution in [2.75, 3.05) is 33.2 Å². The Morgan fingerprint density at radius 3 is 2.87 bits per heavy atom. The van der Waals surface area contributed by atoms with E-state index in [9.17, 15) is 4.79 Å². The van der Waals surface area contributed by atoms with Gasteiger partial charge in [0.05, 0.1) is 5.92 Å². The van der Waals surface area contributed by atoms with Crippen molar-refractivity contribution in [3.63, 3.8) is 0 Å². The van der Waals surface area contributed by atoms with Crippen LogP contribution in [0.3, 0.4) is 0 Å². The van der Waals surface area contributed by atoms with Gasteiger partial charge in [-0.1, -0.05) is 0 Å². The zero-order valence-corrected chi connectivity index (χ0v) is 9.46. The lowest BCUT2D eigenvalue weighted by molar-refractivity contribution is -0.124. The number of carbonyl (C=O) groups excluding carboxylic acids is 1. The van der Waals surface area contributed by atoms with E-state index in [-0.39, 0.29) is 11.8 Å². The predicted molar refractivity (Wildman–Crippen MR) is 59.6 cm³/mol. The molecule has 2 fully saturated rings. The van der Waals surface area contributed by atoms with Gasteiger partial charge in [0.25, 0.3) is 0 Å². The molecule has 0 bridgehead atoms. The molecule has 0 radical (unpaired) electrons. The number of rotatable bonds is 5. The highest BCUT2D eigenvalue weighted by molar-refractivity contribution is 5.79. The van der Waals surface area contributed by atoms with Crippen LogP contribution in [0.2, 0.25) is 0 Å². The second kappa shape index (κ2) is 4.94. The fourth-order valence-corrected chi connectivity index (χ4v) is 2.08. The third kappa shape index (κ3) is 3.18. The van der Waals surface area contributed by atoms with Gasteiger partial charge in [0.1, 0.15) is 0 Å². The normalized spacial score (nSPS) is 25.9. The van der Waals surface area contributed by atoms with E-state index in [1.807, 2.05) is 0 Å². The molecule has 1 amide bonds. The summed E-state index contributed by atoms with van der Waals surface area (Å²) >= 11 is 0. The molecule has 1 atom stereocenters. The van der Waals surface area contributed by atoms with Crippen LogP contribution < -0.4 is 10.6 Å². The third-order valence-corrected chi connectivity index (χ3v) is 3.37. The summed E-state index contributed by atoms with van der Waals surface area (Å²) in [7, 11) is 2.14. The zero-order chi connectivity index (χ0) is 10.7. The Bertz CT molecular complexity index is 222. The molecule has 1 unspecified atom stereocenters. The molecule has 0 aromatic heterocycles. The lowest BCUT2D eigenvalue weighted by Crippen LogP contribution is -2.37. The highest BCUT2D eigenvalue weighted by Gasteiger charge is 2.26. The number of hydrogen-bond donors (Lipinski definition) is 2. The Kier molecular flexibility index (Phi) is 3.59. The van der Waals surface area contributed by atoms with Crippen LogP contribution in [0.1, 0.15) is 19.3 Å². The number of nitrogens with one attached hydrogen (secondary N) is 2. The van der Waals surface area contributed by atoms with Crippen LogP contribution in [0, 0.1) is 5.92 Å². The molecule has 1 aliphatic carbocycles. The van der Waals surface area contributed by atoms with Crippen LogP contribution in [0.15, 0.2) is 0 Å². The van der Waals surface area contributed by atoms with Crippen molar-refractivity contribution in [2.45, 2.75) is 25.3 Å². The Morgan fingerprint density at radius 2 is 2.27 bits per heavy atom. The van der Waals surface area contributed by atoms with Crippen LogP contribution in [0.5, 0.6) is 0 Å². The second-order valence-corrected chi connectivity index (χ2v) is 4.69. The average molecular weight is 211 g/mol. The number of amides is 1. The van der Waals surface area contributed by atoms with Crippen molar-refractivity contribution >= 4 is 5.91 Å². The van der Waals surface area contributed by atoms with E-state index in [4.69, 9.17) is 0 Å². The minimum Gasteiger partial charge on any atom is -0.355 e. The highest BCUT2D eigenvalue weighted by Crippen LogP contribution is 2.24. The molecule has 1 saturated carbocycles. The van der Waals surface area contributed by atoms with Gasteiger partial charge >= 0.3 is 0 Å². The molecule has 2 rings (SSSR count). The summed E-state index contributed by atoms with van der Waals surface area (Å²) in [5, 5.41) is 6.23. The molecule has 4 nitrogen and oxygen atoms in total. The minimum atomic E-state index is 0.205. The van der Waals surface area contributed by atoms with E-state index in [1.165, 1.54) is 12.8 Å². The van der Waals surface area contributed by atoms with Gasteiger partial charge in [-0.15, -0.1) is 0 Å². The Labute approximate surface area is 91.4 Å². The summed E-state index contributed by atoms with van der Waals surface area (Å²) in [5.74, 6) is 0.431. The van der Waals surface area contributed by atoms with Gasteiger partial charge < -0.3 is 15.5 Å². The van der Waals surface area contributed by atoms with Crippen molar-refractivity contribution < 1.29 is 4.79 Å². The van der Waals surface area contributed by atoms with Gasteiger partial charge in [0.2, 0.25) is 5.91 Å². The van der Waals surface area contributed by atoms with Crippen molar-refractivity contribution in [1.82, 2.24) is 15.5 Å². The number of carbonyl (C=O) groups is 1. The van der Waals surface area contributed by atoms with Gasteiger partial charge in [-0.3, -0.25) is 4.79 Å². The molecule has 1 aliphatic heterocycles. The topological polar surface area (TPSA) is 44.4 Å². The van der Waals surface area contributed by atoms with Crippen LogP contribution in [-0.2, 0) is 4.79 Å². The van der Waals surface area contributed by atoms with E-state index >= 15 is 0 Å². The Balaban J connectivity index is 1.58. The molecule has 2 N–H and O–H groups in total. The van der Waals surface area contributed by atoms with Gasteiger partial charge in [-0.25, -0.2) is 0 Å². The lowest BCUT2D eigenvalue weighted by atomic mass is 10.1. The maximum absolute atomic E-state index is 11.6. The largest absolute Gasteiger partial charge is 0.355 e. The fraction of sp³-hybridized carbons (Fsp3) is 0.909. The van der Waals surface area contributed by atoms with Gasteiger partial charge in [-0.2, -0.15) is 0 Å². The summed E-state index contributed by atoms with van der Waals surface area (Å²) in [5.41, 5.74) is 0. The number of nitrogens with zero attached hydrogens (tertiary/aromatic N) is 1. The molecule has 1 heterocycles. The van der Waals surface area contributed by atoms with Crippen LogP contribution in [-0.4, -0.2) is 50.1 Å². The van der Waals surface area contributed by atoms with Crippen LogP contribution >= 0.6 is 0 Å². The molecule has 0 spiro atoms. The van der Waals surface area contributed by atoms with E-state index in [0.717, 1.165) is 38.6 Å². The van der Waals surface area contributed by atoms with Crippen molar-refractivity contribution in [1.29, 1.82) is 0 Å². The first-order valence-electron chi connectivity index (χ1n) is 5.96. The summed E-state index contributed by atoms with van der Waals surface area (Å²) < 4.78 is 0. The van der Waals surface area contributed by atoms with Gasteiger partial charge in [0, 0.05) is 25.7 Å². The summed E-state index contributed by atoms with van der Waals surface area (Å²) in [6.07, 6.45) is 3.65. The first-order valence-corrected chi connectivity index (χ1v) is 5.96. The maximum Gasteiger partial charge on any atom is 0.224 e. The lowest BCUT2D eigenvalue weighted by Gasteiger charge is -2.16. The first kappa shape index (κ1) is 10.9. The molecule has 2 aliphatic rings. The van der Waals surface area contributed by atoms with Crippen LogP contribution in [0.4, 0.5) is 0 Å².